The molecule has 24 heavy (non-hydrogen) atoms. The SMILES string of the molecule is C=[PH]1/C=C(/C=C(\N)c2c(F)cccc2F)CCCNCC(CC)C1. The first kappa shape index (κ1) is 19.0. The van der Waals surface area contributed by atoms with Gasteiger partial charge in [0.15, 0.2) is 0 Å². The van der Waals surface area contributed by atoms with Crippen LogP contribution in [-0.2, 0) is 0 Å². The van der Waals surface area contributed by atoms with E-state index in [9.17, 15) is 8.78 Å². The molecule has 3 N–H and O–H groups in total. The molecular formula is C19H27F2N2P. The van der Waals surface area contributed by atoms with Crippen molar-refractivity contribution in [3.63, 3.8) is 0 Å². The van der Waals surface area contributed by atoms with Crippen LogP contribution in [0.2, 0.25) is 0 Å². The van der Waals surface area contributed by atoms with E-state index in [2.05, 4.69) is 24.4 Å². The van der Waals surface area contributed by atoms with E-state index in [0.29, 0.717) is 5.92 Å². The van der Waals surface area contributed by atoms with Gasteiger partial charge in [0.1, 0.15) is 11.6 Å². The van der Waals surface area contributed by atoms with E-state index >= 15 is 0 Å². The summed E-state index contributed by atoms with van der Waals surface area (Å²) < 4.78 is 27.8. The zero-order chi connectivity index (χ0) is 17.5. The van der Waals surface area contributed by atoms with Gasteiger partial charge in [0.25, 0.3) is 0 Å². The summed E-state index contributed by atoms with van der Waals surface area (Å²) in [7, 11) is -0.886. The van der Waals surface area contributed by atoms with Crippen molar-refractivity contribution in [2.24, 2.45) is 11.7 Å². The summed E-state index contributed by atoms with van der Waals surface area (Å²) in [4.78, 5) is 0. The molecule has 0 fully saturated rings. The second-order valence-electron chi connectivity index (χ2n) is 6.36. The Morgan fingerprint density at radius 3 is 2.79 bits per heavy atom. The van der Waals surface area contributed by atoms with Gasteiger partial charge in [-0.1, -0.05) is 31.5 Å². The fraction of sp³-hybridized carbons (Fsp3) is 0.421. The van der Waals surface area contributed by atoms with Gasteiger partial charge < -0.3 is 11.1 Å². The van der Waals surface area contributed by atoms with Crippen molar-refractivity contribution in [1.29, 1.82) is 0 Å². The van der Waals surface area contributed by atoms with Gasteiger partial charge in [-0.25, -0.2) is 8.78 Å². The number of hydrogen-bond acceptors (Lipinski definition) is 2. The summed E-state index contributed by atoms with van der Waals surface area (Å²) in [6.45, 7) is 4.19. The summed E-state index contributed by atoms with van der Waals surface area (Å²) in [6.07, 6.45) is 10.1. The lowest BCUT2D eigenvalue weighted by Crippen LogP contribution is -2.25. The van der Waals surface area contributed by atoms with Crippen molar-refractivity contribution in [3.05, 3.63) is 52.9 Å². The summed E-state index contributed by atoms with van der Waals surface area (Å²) in [5.41, 5.74) is 7.04. The van der Waals surface area contributed by atoms with Crippen LogP contribution in [0.15, 0.2) is 35.7 Å². The van der Waals surface area contributed by atoms with E-state index in [1.807, 2.05) is 0 Å². The Hall–Kier alpha value is -1.38. The molecule has 0 bridgehead atoms. The van der Waals surface area contributed by atoms with Gasteiger partial charge in [0, 0.05) is 5.70 Å². The van der Waals surface area contributed by atoms with Gasteiger partial charge in [-0.3, -0.25) is 0 Å². The molecule has 1 heterocycles. The zero-order valence-electron chi connectivity index (χ0n) is 14.2. The molecule has 5 heteroatoms. The van der Waals surface area contributed by atoms with Crippen LogP contribution in [0.25, 0.3) is 5.70 Å². The Bertz CT molecular complexity index is 633. The third-order valence-corrected chi connectivity index (χ3v) is 6.24. The third kappa shape index (κ3) is 5.32. The van der Waals surface area contributed by atoms with Crippen molar-refractivity contribution in [3.8, 4) is 0 Å². The van der Waals surface area contributed by atoms with Gasteiger partial charge >= 0.3 is 0 Å². The smallest absolute Gasteiger partial charge is 0.135 e. The summed E-state index contributed by atoms with van der Waals surface area (Å²) in [5, 5.41) is 3.49. The van der Waals surface area contributed by atoms with Crippen LogP contribution in [-0.4, -0.2) is 25.6 Å². The molecule has 1 aliphatic rings. The number of hydrogen-bond donors (Lipinski definition) is 2. The Kier molecular flexibility index (Phi) is 7.26. The molecule has 0 saturated heterocycles. The van der Waals surface area contributed by atoms with Gasteiger partial charge in [0.2, 0.25) is 0 Å². The molecule has 0 aromatic heterocycles. The van der Waals surface area contributed by atoms with E-state index < -0.39 is 19.2 Å². The number of halogens is 2. The van der Waals surface area contributed by atoms with Crippen molar-refractivity contribution in [1.82, 2.24) is 5.32 Å². The standard InChI is InChI=1S/C19H27F2N2P/c1-3-14-11-23-9-5-6-15(13-24(2)12-14)10-18(22)19-16(20)7-4-8-17(19)21/h4,7-8,10,13-14,23-24H,2-3,5-6,9,11-12,22H2,1H3/b15-13+,18-10-. The minimum Gasteiger partial charge on any atom is -0.398 e. The maximum atomic E-state index is 13.9. The summed E-state index contributed by atoms with van der Waals surface area (Å²) in [6, 6.07) is 3.80. The van der Waals surface area contributed by atoms with Crippen LogP contribution in [0.1, 0.15) is 31.7 Å². The average Bonchev–Trinajstić information content (AvgIpc) is 2.53. The number of allylic oxidation sites excluding steroid dienone is 2. The van der Waals surface area contributed by atoms with Gasteiger partial charge in [-0.2, -0.15) is 0 Å². The van der Waals surface area contributed by atoms with Crippen LogP contribution in [0.4, 0.5) is 8.78 Å². The van der Waals surface area contributed by atoms with Crippen LogP contribution in [0, 0.1) is 17.6 Å². The van der Waals surface area contributed by atoms with Crippen molar-refractivity contribution in [2.75, 3.05) is 19.3 Å². The predicted octanol–water partition coefficient (Wildman–Crippen LogP) is 4.20. The minimum absolute atomic E-state index is 0.141. The topological polar surface area (TPSA) is 38.0 Å². The van der Waals surface area contributed by atoms with E-state index in [1.165, 1.54) is 18.2 Å². The normalized spacial score (nSPS) is 25.8. The monoisotopic (exact) mass is 352 g/mol. The molecule has 1 aliphatic heterocycles. The quantitative estimate of drug-likeness (QED) is 0.800. The second kappa shape index (κ2) is 9.19. The molecule has 0 spiro atoms. The number of rotatable bonds is 3. The third-order valence-electron chi connectivity index (χ3n) is 4.36. The van der Waals surface area contributed by atoms with E-state index in [-0.39, 0.29) is 11.3 Å². The predicted molar refractivity (Wildman–Crippen MR) is 103 cm³/mol. The zero-order valence-corrected chi connectivity index (χ0v) is 15.2. The van der Waals surface area contributed by atoms with Gasteiger partial charge in [-0.15, -0.1) is 7.55 Å². The molecule has 1 aromatic carbocycles. The van der Waals surface area contributed by atoms with Crippen molar-refractivity contribution in [2.45, 2.75) is 26.2 Å². The molecule has 0 radical (unpaired) electrons. The molecular weight excluding hydrogens is 325 g/mol. The van der Waals surface area contributed by atoms with Gasteiger partial charge in [0.05, 0.1) is 5.56 Å². The van der Waals surface area contributed by atoms with Crippen LogP contribution >= 0.6 is 7.55 Å². The molecule has 132 valence electrons. The Labute approximate surface area is 144 Å². The summed E-state index contributed by atoms with van der Waals surface area (Å²) >= 11 is 0. The fourth-order valence-electron chi connectivity index (χ4n) is 3.01. The Balaban J connectivity index is 2.28. The lowest BCUT2D eigenvalue weighted by molar-refractivity contribution is 0.500. The van der Waals surface area contributed by atoms with Crippen LogP contribution in [0.5, 0.6) is 0 Å². The highest BCUT2D eigenvalue weighted by Gasteiger charge is 2.13. The largest absolute Gasteiger partial charge is 0.398 e. The highest BCUT2D eigenvalue weighted by molar-refractivity contribution is 7.59. The number of nitrogens with one attached hydrogen (secondary N) is 1. The van der Waals surface area contributed by atoms with E-state index in [4.69, 9.17) is 5.73 Å². The first-order valence-electron chi connectivity index (χ1n) is 8.51. The molecule has 0 aliphatic carbocycles. The maximum absolute atomic E-state index is 13.9. The average molecular weight is 352 g/mol. The molecule has 1 aromatic rings. The number of benzene rings is 1. The highest BCUT2D eigenvalue weighted by Crippen LogP contribution is 2.31. The molecule has 2 rings (SSSR count). The van der Waals surface area contributed by atoms with Crippen LogP contribution in [0.3, 0.4) is 0 Å². The van der Waals surface area contributed by atoms with Crippen LogP contribution < -0.4 is 11.1 Å². The first-order chi connectivity index (χ1) is 11.5. The molecule has 2 atom stereocenters. The maximum Gasteiger partial charge on any atom is 0.135 e. The number of nitrogens with two attached hydrogens (primary N) is 1. The van der Waals surface area contributed by atoms with Crippen molar-refractivity contribution >= 4 is 19.5 Å². The Morgan fingerprint density at radius 2 is 2.12 bits per heavy atom. The highest BCUT2D eigenvalue weighted by atomic mass is 31.1. The minimum atomic E-state index is -0.886. The molecule has 2 nitrogen and oxygen atoms in total. The fourth-order valence-corrected chi connectivity index (χ4v) is 5.05. The lowest BCUT2D eigenvalue weighted by atomic mass is 10.1. The van der Waals surface area contributed by atoms with Gasteiger partial charge in [-0.05, 0) is 61.8 Å². The molecule has 0 amide bonds. The van der Waals surface area contributed by atoms with E-state index in [1.54, 1.807) is 6.08 Å². The van der Waals surface area contributed by atoms with E-state index in [0.717, 1.165) is 44.1 Å². The summed E-state index contributed by atoms with van der Waals surface area (Å²) in [5.74, 6) is 1.58. The first-order valence-corrected chi connectivity index (χ1v) is 10.5. The Morgan fingerprint density at radius 1 is 1.42 bits per heavy atom. The second-order valence-corrected chi connectivity index (χ2v) is 8.37. The lowest BCUT2D eigenvalue weighted by Gasteiger charge is -2.19. The molecule has 0 saturated carbocycles. The van der Waals surface area contributed by atoms with Crippen molar-refractivity contribution < 1.29 is 8.78 Å². The molecule has 2 unspecified atom stereocenters.